The maximum atomic E-state index is 12.8. The van der Waals surface area contributed by atoms with Crippen LogP contribution in [0.4, 0.5) is 5.69 Å². The molecule has 0 atom stereocenters. The van der Waals surface area contributed by atoms with Crippen LogP contribution < -0.4 is 15.4 Å². The van der Waals surface area contributed by atoms with Crippen LogP contribution in [0.15, 0.2) is 53.4 Å². The predicted molar refractivity (Wildman–Crippen MR) is 120 cm³/mol. The highest BCUT2D eigenvalue weighted by molar-refractivity contribution is 7.89. The molecule has 3 rings (SSSR count). The molecule has 1 amide bonds. The predicted octanol–water partition coefficient (Wildman–Crippen LogP) is 3.39. The molecule has 0 aliphatic carbocycles. The van der Waals surface area contributed by atoms with Crippen molar-refractivity contribution in [2.45, 2.75) is 30.6 Å². The van der Waals surface area contributed by atoms with Gasteiger partial charge < -0.3 is 10.1 Å². The molecule has 1 aliphatic rings. The first-order valence-corrected chi connectivity index (χ1v) is 11.6. The van der Waals surface area contributed by atoms with E-state index in [-0.39, 0.29) is 15.9 Å². The molecule has 0 saturated carbocycles. The van der Waals surface area contributed by atoms with Gasteiger partial charge in [-0.25, -0.2) is 8.42 Å². The molecule has 0 aromatic heterocycles. The number of ether oxygens (including phenoxy) is 1. The van der Waals surface area contributed by atoms with Gasteiger partial charge in [-0.15, -0.1) is 0 Å². The molecule has 0 spiro atoms. The second kappa shape index (κ2) is 10.0. The molecule has 1 saturated heterocycles. The average molecular weight is 448 g/mol. The van der Waals surface area contributed by atoms with Crippen molar-refractivity contribution in [2.24, 2.45) is 0 Å². The number of carbonyl (C=O) groups excluding carboxylic acids is 1. The van der Waals surface area contributed by atoms with Gasteiger partial charge in [-0.1, -0.05) is 12.8 Å². The van der Waals surface area contributed by atoms with Gasteiger partial charge in [0.25, 0.3) is 5.91 Å². The third-order valence-electron chi connectivity index (χ3n) is 4.89. The second-order valence-corrected chi connectivity index (χ2v) is 9.33. The lowest BCUT2D eigenvalue weighted by Gasteiger charge is -2.20. The monoisotopic (exact) mass is 447 g/mol. The van der Waals surface area contributed by atoms with Gasteiger partial charge in [0.15, 0.2) is 5.11 Å². The van der Waals surface area contributed by atoms with Crippen molar-refractivity contribution in [3.05, 3.63) is 54.1 Å². The van der Waals surface area contributed by atoms with E-state index in [2.05, 4.69) is 10.6 Å². The molecule has 2 N–H and O–H groups in total. The Morgan fingerprint density at radius 2 is 1.57 bits per heavy atom. The number of rotatable bonds is 5. The van der Waals surface area contributed by atoms with E-state index in [0.717, 1.165) is 25.7 Å². The van der Waals surface area contributed by atoms with Crippen molar-refractivity contribution in [1.29, 1.82) is 0 Å². The first-order valence-electron chi connectivity index (χ1n) is 9.77. The summed E-state index contributed by atoms with van der Waals surface area (Å²) in [6, 6.07) is 13.0. The highest BCUT2D eigenvalue weighted by Gasteiger charge is 2.24. The number of anilines is 1. The highest BCUT2D eigenvalue weighted by atomic mass is 32.2. The number of thiocarbonyl (C=S) groups is 1. The van der Waals surface area contributed by atoms with E-state index >= 15 is 0 Å². The van der Waals surface area contributed by atoms with Gasteiger partial charge in [0, 0.05) is 24.3 Å². The number of sulfonamides is 1. The fourth-order valence-electron chi connectivity index (χ4n) is 3.22. The Hall–Kier alpha value is -2.49. The topological polar surface area (TPSA) is 87.7 Å². The fraction of sp³-hybridized carbons (Fsp3) is 0.333. The van der Waals surface area contributed by atoms with Crippen molar-refractivity contribution >= 4 is 38.9 Å². The number of carbonyl (C=O) groups is 1. The number of benzene rings is 2. The van der Waals surface area contributed by atoms with Crippen LogP contribution in [0.1, 0.15) is 36.0 Å². The van der Waals surface area contributed by atoms with Gasteiger partial charge in [0.1, 0.15) is 5.75 Å². The van der Waals surface area contributed by atoms with Crippen molar-refractivity contribution in [1.82, 2.24) is 9.62 Å². The zero-order chi connectivity index (χ0) is 21.6. The van der Waals surface area contributed by atoms with Gasteiger partial charge in [0.2, 0.25) is 10.0 Å². The van der Waals surface area contributed by atoms with Gasteiger partial charge in [-0.3, -0.25) is 10.1 Å². The van der Waals surface area contributed by atoms with E-state index in [1.165, 1.54) is 0 Å². The van der Waals surface area contributed by atoms with Gasteiger partial charge in [-0.2, -0.15) is 4.31 Å². The smallest absolute Gasteiger partial charge is 0.257 e. The lowest BCUT2D eigenvalue weighted by Crippen LogP contribution is -2.34. The quantitative estimate of drug-likeness (QED) is 0.683. The molecule has 0 bridgehead atoms. The Kier molecular flexibility index (Phi) is 7.41. The van der Waals surface area contributed by atoms with Crippen LogP contribution in [0.3, 0.4) is 0 Å². The van der Waals surface area contributed by atoms with E-state index in [1.807, 2.05) is 0 Å². The number of nitrogens with zero attached hydrogens (tertiary/aromatic N) is 1. The largest absolute Gasteiger partial charge is 0.497 e. The second-order valence-electron chi connectivity index (χ2n) is 6.98. The van der Waals surface area contributed by atoms with Crippen molar-refractivity contribution in [2.75, 3.05) is 25.5 Å². The van der Waals surface area contributed by atoms with E-state index in [0.29, 0.717) is 30.1 Å². The van der Waals surface area contributed by atoms with Crippen LogP contribution in [-0.2, 0) is 10.0 Å². The van der Waals surface area contributed by atoms with Crippen molar-refractivity contribution in [3.8, 4) is 5.75 Å². The summed E-state index contributed by atoms with van der Waals surface area (Å²) in [5.74, 6) is 0.304. The third kappa shape index (κ3) is 5.56. The lowest BCUT2D eigenvalue weighted by atomic mass is 10.2. The molecule has 1 fully saturated rings. The van der Waals surface area contributed by atoms with Crippen LogP contribution in [0.25, 0.3) is 0 Å². The summed E-state index contributed by atoms with van der Waals surface area (Å²) >= 11 is 5.19. The van der Waals surface area contributed by atoms with Crippen LogP contribution in [0.2, 0.25) is 0 Å². The molecular weight excluding hydrogens is 422 g/mol. The number of hydrogen-bond acceptors (Lipinski definition) is 5. The van der Waals surface area contributed by atoms with Crippen LogP contribution in [-0.4, -0.2) is 43.9 Å². The summed E-state index contributed by atoms with van der Waals surface area (Å²) in [7, 11) is -1.94. The summed E-state index contributed by atoms with van der Waals surface area (Å²) in [5.41, 5.74) is 1.03. The molecule has 9 heteroatoms. The minimum absolute atomic E-state index is 0.124. The Balaban J connectivity index is 1.60. The van der Waals surface area contributed by atoms with E-state index < -0.39 is 10.0 Å². The Bertz CT molecular complexity index is 982. The molecule has 1 heterocycles. The minimum Gasteiger partial charge on any atom is -0.497 e. The Morgan fingerprint density at radius 1 is 0.967 bits per heavy atom. The molecule has 2 aromatic carbocycles. The van der Waals surface area contributed by atoms with Crippen LogP contribution >= 0.6 is 12.2 Å². The Labute approximate surface area is 182 Å². The summed E-state index contributed by atoms with van der Waals surface area (Å²) in [5, 5.41) is 5.62. The van der Waals surface area contributed by atoms with Gasteiger partial charge >= 0.3 is 0 Å². The SMILES string of the molecule is COc1ccc(C(=O)NC(=S)Nc2ccc(S(=O)(=O)N3CCCCCC3)cc2)cc1. The summed E-state index contributed by atoms with van der Waals surface area (Å²) in [6.45, 7) is 1.12. The van der Waals surface area contributed by atoms with Crippen LogP contribution in [0, 0.1) is 0 Å². The first-order chi connectivity index (χ1) is 14.4. The van der Waals surface area contributed by atoms with Crippen LogP contribution in [0.5, 0.6) is 5.75 Å². The molecular formula is C21H25N3O4S2. The fourth-order valence-corrected chi connectivity index (χ4v) is 4.95. The zero-order valence-electron chi connectivity index (χ0n) is 16.8. The summed E-state index contributed by atoms with van der Waals surface area (Å²) < 4.78 is 32.3. The maximum Gasteiger partial charge on any atom is 0.257 e. The van der Waals surface area contributed by atoms with E-state index in [1.54, 1.807) is 59.9 Å². The summed E-state index contributed by atoms with van der Waals surface area (Å²) in [4.78, 5) is 12.5. The minimum atomic E-state index is -3.50. The molecule has 7 nitrogen and oxygen atoms in total. The number of amides is 1. The molecule has 2 aromatic rings. The van der Waals surface area contributed by atoms with E-state index in [4.69, 9.17) is 17.0 Å². The van der Waals surface area contributed by atoms with Crippen molar-refractivity contribution < 1.29 is 17.9 Å². The maximum absolute atomic E-state index is 12.8. The van der Waals surface area contributed by atoms with E-state index in [9.17, 15) is 13.2 Å². The number of nitrogens with one attached hydrogen (secondary N) is 2. The lowest BCUT2D eigenvalue weighted by molar-refractivity contribution is 0.0977. The molecule has 160 valence electrons. The highest BCUT2D eigenvalue weighted by Crippen LogP contribution is 2.21. The third-order valence-corrected chi connectivity index (χ3v) is 7.01. The first kappa shape index (κ1) is 22.2. The summed E-state index contributed by atoms with van der Waals surface area (Å²) in [6.07, 6.45) is 3.91. The number of hydrogen-bond donors (Lipinski definition) is 2. The van der Waals surface area contributed by atoms with Gasteiger partial charge in [0.05, 0.1) is 12.0 Å². The molecule has 0 radical (unpaired) electrons. The molecule has 30 heavy (non-hydrogen) atoms. The Morgan fingerprint density at radius 3 is 2.13 bits per heavy atom. The number of methoxy groups -OCH3 is 1. The average Bonchev–Trinajstić information content (AvgIpc) is 3.04. The molecule has 0 unspecified atom stereocenters. The standard InChI is InChI=1S/C21H25N3O4S2/c1-28-18-10-6-16(7-11-18)20(25)23-21(29)22-17-8-12-19(13-9-17)30(26,27)24-14-4-2-3-5-15-24/h6-13H,2-5,14-15H2,1H3,(H2,22,23,25,29). The zero-order valence-corrected chi connectivity index (χ0v) is 18.4. The normalized spacial score (nSPS) is 15.1. The van der Waals surface area contributed by atoms with Gasteiger partial charge in [-0.05, 0) is 73.6 Å². The molecule has 1 aliphatic heterocycles. The van der Waals surface area contributed by atoms with Crippen molar-refractivity contribution in [3.63, 3.8) is 0 Å².